The number of unbranched alkanes of at least 4 members (excludes halogenated alkanes) is 1. The van der Waals surface area contributed by atoms with E-state index in [-0.39, 0.29) is 11.6 Å². The molecular weight excluding hydrogens is 247 g/mol. The molecule has 0 heterocycles. The van der Waals surface area contributed by atoms with Crippen molar-refractivity contribution in [3.8, 4) is 0 Å². The van der Waals surface area contributed by atoms with E-state index in [9.17, 15) is 9.18 Å². The average molecular weight is 276 g/mol. The molecule has 0 spiro atoms. The van der Waals surface area contributed by atoms with E-state index < -0.39 is 0 Å². The third kappa shape index (κ3) is 13.3. The number of alkyl halides is 1. The third-order valence-corrected chi connectivity index (χ3v) is 2.50. The molecule has 0 aromatic heterocycles. The van der Waals surface area contributed by atoms with E-state index in [1.807, 2.05) is 0 Å². The predicted molar refractivity (Wildman–Crippen MR) is 77.0 cm³/mol. The van der Waals surface area contributed by atoms with Crippen molar-refractivity contribution < 1.29 is 18.7 Å². The number of hydrogen-bond donors (Lipinski definition) is 0. The fraction of sp³-hybridized carbons (Fsp3) is 0.800. The molecule has 3 nitrogen and oxygen atoms in total. The van der Waals surface area contributed by atoms with E-state index >= 15 is 0 Å². The van der Waals surface area contributed by atoms with E-state index in [1.54, 1.807) is 6.92 Å². The summed E-state index contributed by atoms with van der Waals surface area (Å²) < 4.78 is 20.2. The lowest BCUT2D eigenvalue weighted by atomic mass is 10.0. The molecule has 4 heteroatoms. The highest BCUT2D eigenvalue weighted by Gasteiger charge is 2.16. The van der Waals surface area contributed by atoms with Gasteiger partial charge in [0, 0.05) is 12.0 Å². The molecule has 19 heavy (non-hydrogen) atoms. The van der Waals surface area contributed by atoms with Crippen LogP contribution in [0.2, 0.25) is 0 Å². The van der Waals surface area contributed by atoms with Crippen LogP contribution >= 0.6 is 0 Å². The summed E-state index contributed by atoms with van der Waals surface area (Å²) in [7, 11) is 0.500. The molecule has 0 atom stereocenters. The molecule has 0 N–H and O–H groups in total. The number of carbonyl (C=O) groups is 1. The minimum absolute atomic E-state index is 0.0750. The molecule has 0 bridgehead atoms. The number of esters is 1. The molecule has 0 amide bonds. The number of rotatable bonds is 9. The monoisotopic (exact) mass is 276 g/mol. The van der Waals surface area contributed by atoms with E-state index in [1.165, 1.54) is 12.8 Å². The van der Waals surface area contributed by atoms with Gasteiger partial charge >= 0.3 is 5.97 Å². The summed E-state index contributed by atoms with van der Waals surface area (Å²) in [5.74, 6) is -0.324. The van der Waals surface area contributed by atoms with Crippen molar-refractivity contribution in [2.75, 3.05) is 20.4 Å². The van der Waals surface area contributed by atoms with Crippen molar-refractivity contribution >= 4 is 5.97 Å². The van der Waals surface area contributed by atoms with Crippen molar-refractivity contribution in [2.45, 2.75) is 59.0 Å². The topological polar surface area (TPSA) is 35.5 Å². The van der Waals surface area contributed by atoms with Gasteiger partial charge in [-0.15, -0.1) is 0 Å². The smallest absolute Gasteiger partial charge is 0.333 e. The zero-order chi connectivity index (χ0) is 15.3. The first-order valence-electron chi connectivity index (χ1n) is 6.73. The molecule has 0 unspecified atom stereocenters. The van der Waals surface area contributed by atoms with Crippen LogP contribution in [0, 0.1) is 0 Å². The average Bonchev–Trinajstić information content (AvgIpc) is 2.38. The Morgan fingerprint density at radius 1 is 1.21 bits per heavy atom. The Morgan fingerprint density at radius 2 is 1.79 bits per heavy atom. The molecule has 114 valence electrons. The lowest BCUT2D eigenvalue weighted by Gasteiger charge is -2.25. The summed E-state index contributed by atoms with van der Waals surface area (Å²) in [5, 5.41) is 0. The molecule has 0 radical (unpaired) electrons. The zero-order valence-electron chi connectivity index (χ0n) is 13.1. The Kier molecular flexibility index (Phi) is 13.1. The third-order valence-electron chi connectivity index (χ3n) is 2.50. The zero-order valence-corrected chi connectivity index (χ0v) is 13.1. The van der Waals surface area contributed by atoms with Crippen molar-refractivity contribution in [1.82, 2.24) is 0 Å². The predicted octanol–water partition coefficient (Wildman–Crippen LogP) is 4.07. The van der Waals surface area contributed by atoms with Gasteiger partial charge in [0.2, 0.25) is 0 Å². The van der Waals surface area contributed by atoms with Gasteiger partial charge in [0.25, 0.3) is 0 Å². The van der Waals surface area contributed by atoms with Crippen molar-refractivity contribution in [3.05, 3.63) is 12.2 Å². The molecule has 0 aromatic rings. The maximum absolute atomic E-state index is 11.1. The van der Waals surface area contributed by atoms with Gasteiger partial charge in [-0.1, -0.05) is 26.3 Å². The molecule has 0 rings (SSSR count). The van der Waals surface area contributed by atoms with Crippen molar-refractivity contribution in [2.24, 2.45) is 0 Å². The first-order valence-corrected chi connectivity index (χ1v) is 6.73. The van der Waals surface area contributed by atoms with Gasteiger partial charge < -0.3 is 9.47 Å². The second kappa shape index (κ2) is 12.2. The second-order valence-electron chi connectivity index (χ2n) is 4.98. The second-order valence-corrected chi connectivity index (χ2v) is 4.98. The molecular formula is C15H29FO3. The van der Waals surface area contributed by atoms with Gasteiger partial charge in [-0.2, -0.15) is 0 Å². The first kappa shape index (κ1) is 20.4. The summed E-state index contributed by atoms with van der Waals surface area (Å²) in [4.78, 5) is 11.1. The Labute approximate surface area is 117 Å². The van der Waals surface area contributed by atoms with Crippen LogP contribution in [-0.2, 0) is 14.3 Å². The largest absolute Gasteiger partial charge is 0.462 e. The highest BCUT2D eigenvalue weighted by atomic mass is 19.1. The van der Waals surface area contributed by atoms with Crippen molar-refractivity contribution in [1.29, 1.82) is 0 Å². The molecule has 0 saturated heterocycles. The van der Waals surface area contributed by atoms with Gasteiger partial charge in [-0.05, 0) is 27.2 Å². The van der Waals surface area contributed by atoms with Crippen LogP contribution < -0.4 is 0 Å². The summed E-state index contributed by atoms with van der Waals surface area (Å²) in [6, 6.07) is 0. The van der Waals surface area contributed by atoms with E-state index in [4.69, 9.17) is 9.47 Å². The molecule has 0 aliphatic rings. The van der Waals surface area contributed by atoms with Crippen molar-refractivity contribution in [3.63, 3.8) is 0 Å². The molecule has 0 saturated carbocycles. The lowest BCUT2D eigenvalue weighted by molar-refractivity contribution is -0.139. The van der Waals surface area contributed by atoms with E-state index in [0.29, 0.717) is 26.0 Å². The molecule has 0 aromatic carbocycles. The van der Waals surface area contributed by atoms with Crippen LogP contribution in [0.1, 0.15) is 53.4 Å². The van der Waals surface area contributed by atoms with E-state index in [0.717, 1.165) is 12.8 Å². The van der Waals surface area contributed by atoms with Gasteiger partial charge in [0.05, 0.1) is 26.0 Å². The SMILES string of the molecule is C=C(C)C(=O)OCCCOC(C)(C)CCCC.CF. The van der Waals surface area contributed by atoms with Gasteiger partial charge in [-0.25, -0.2) is 4.79 Å². The number of hydrogen-bond acceptors (Lipinski definition) is 3. The van der Waals surface area contributed by atoms with Gasteiger partial charge in [0.15, 0.2) is 0 Å². The van der Waals surface area contributed by atoms with Gasteiger partial charge in [0.1, 0.15) is 0 Å². The maximum Gasteiger partial charge on any atom is 0.333 e. The normalized spacial score (nSPS) is 10.4. The minimum atomic E-state index is -0.324. The molecule has 0 fully saturated rings. The summed E-state index contributed by atoms with van der Waals surface area (Å²) >= 11 is 0. The van der Waals surface area contributed by atoms with Crippen LogP contribution in [0.5, 0.6) is 0 Å². The Bertz CT molecular complexity index is 250. The fourth-order valence-electron chi connectivity index (χ4n) is 1.37. The summed E-state index contributed by atoms with van der Waals surface area (Å²) in [6.07, 6.45) is 4.16. The van der Waals surface area contributed by atoms with Crippen LogP contribution in [0.4, 0.5) is 4.39 Å². The number of ether oxygens (including phenoxy) is 2. The van der Waals surface area contributed by atoms with Gasteiger partial charge in [-0.3, -0.25) is 4.39 Å². The van der Waals surface area contributed by atoms with Crippen LogP contribution in [0.15, 0.2) is 12.2 Å². The Morgan fingerprint density at radius 3 is 2.26 bits per heavy atom. The lowest BCUT2D eigenvalue weighted by Crippen LogP contribution is -2.25. The fourth-order valence-corrected chi connectivity index (χ4v) is 1.37. The molecule has 0 aliphatic carbocycles. The standard InChI is InChI=1S/C14H26O3.CH3F/c1-6-7-9-14(4,5)17-11-8-10-16-13(15)12(2)3;1-2/h2,6-11H2,1,3-5H3;1H3. The number of carbonyl (C=O) groups excluding carboxylic acids is 1. The summed E-state index contributed by atoms with van der Waals surface area (Å²) in [6.45, 7) is 12.6. The highest BCUT2D eigenvalue weighted by Crippen LogP contribution is 2.17. The Hall–Kier alpha value is -0.900. The summed E-state index contributed by atoms with van der Waals surface area (Å²) in [5.41, 5.74) is 0.364. The van der Waals surface area contributed by atoms with Crippen LogP contribution in [-0.4, -0.2) is 32.0 Å². The Balaban J connectivity index is 0. The maximum atomic E-state index is 11.1. The first-order chi connectivity index (χ1) is 8.89. The highest BCUT2D eigenvalue weighted by molar-refractivity contribution is 5.86. The van der Waals surface area contributed by atoms with E-state index in [2.05, 4.69) is 27.4 Å². The van der Waals surface area contributed by atoms with Crippen LogP contribution in [0.3, 0.4) is 0 Å². The molecule has 0 aliphatic heterocycles. The quantitative estimate of drug-likeness (QED) is 0.362. The minimum Gasteiger partial charge on any atom is -0.462 e. The number of halogens is 1. The van der Waals surface area contributed by atoms with Crippen LogP contribution in [0.25, 0.3) is 0 Å².